The van der Waals surface area contributed by atoms with Crippen molar-refractivity contribution in [1.29, 1.82) is 0 Å². The summed E-state index contributed by atoms with van der Waals surface area (Å²) in [6.45, 7) is 15.9. The van der Waals surface area contributed by atoms with Gasteiger partial charge in [-0.15, -0.1) is 0 Å². The Bertz CT molecular complexity index is 1070. The predicted octanol–water partition coefficient (Wildman–Crippen LogP) is 6.68. The molecule has 0 aromatic carbocycles. The highest BCUT2D eigenvalue weighted by Gasteiger charge is 2.76. The molecule has 0 aromatic rings. The molecule has 3 nitrogen and oxygen atoms in total. The van der Waals surface area contributed by atoms with Gasteiger partial charge >= 0.3 is 0 Å². The zero-order valence-electron chi connectivity index (χ0n) is 21.6. The van der Waals surface area contributed by atoms with Crippen molar-refractivity contribution in [3.63, 3.8) is 0 Å². The molecule has 0 unspecified atom stereocenters. The fourth-order valence-electron chi connectivity index (χ4n) is 10.0. The van der Waals surface area contributed by atoms with Crippen LogP contribution in [0.3, 0.4) is 0 Å². The molecule has 0 aliphatic heterocycles. The van der Waals surface area contributed by atoms with E-state index in [9.17, 15) is 15.0 Å². The molecule has 0 saturated heterocycles. The molecule has 3 saturated carbocycles. The van der Waals surface area contributed by atoms with E-state index in [0.29, 0.717) is 23.2 Å². The van der Waals surface area contributed by atoms with Crippen LogP contribution in [0.15, 0.2) is 33.6 Å². The lowest BCUT2D eigenvalue weighted by Crippen LogP contribution is -2.47. The van der Waals surface area contributed by atoms with Crippen LogP contribution in [0.25, 0.3) is 0 Å². The Balaban J connectivity index is 1.64. The van der Waals surface area contributed by atoms with Crippen LogP contribution in [0, 0.1) is 45.3 Å². The van der Waals surface area contributed by atoms with Crippen molar-refractivity contribution in [2.75, 3.05) is 0 Å². The van der Waals surface area contributed by atoms with Gasteiger partial charge in [0.25, 0.3) is 0 Å². The zero-order chi connectivity index (χ0) is 23.9. The fourth-order valence-corrected chi connectivity index (χ4v) is 10.0. The smallest absolute Gasteiger partial charge is 0.224 e. The molecule has 0 amide bonds. The largest absolute Gasteiger partial charge is 0.504 e. The van der Waals surface area contributed by atoms with Crippen LogP contribution in [-0.2, 0) is 4.79 Å². The molecule has 6 aliphatic rings. The Labute approximate surface area is 199 Å². The monoisotopic (exact) mass is 450 g/mol. The minimum Gasteiger partial charge on any atom is -0.504 e. The molecule has 3 fully saturated rings. The first-order valence-corrected chi connectivity index (χ1v) is 13.5. The van der Waals surface area contributed by atoms with E-state index in [1.54, 1.807) is 0 Å². The molecular formula is C30H42O3. The van der Waals surface area contributed by atoms with Gasteiger partial charge in [-0.25, -0.2) is 0 Å². The highest BCUT2D eigenvalue weighted by Crippen LogP contribution is 2.81. The number of Topliss-reactive ketones (excluding diaryl/α,β-unsaturated/α-hetero) is 1. The summed E-state index contributed by atoms with van der Waals surface area (Å²) in [6.07, 6.45) is 6.98. The summed E-state index contributed by atoms with van der Waals surface area (Å²) >= 11 is 0. The number of hydrogen-bond acceptors (Lipinski definition) is 3. The number of ketones is 1. The highest BCUT2D eigenvalue weighted by atomic mass is 16.3. The van der Waals surface area contributed by atoms with E-state index in [1.165, 1.54) is 12.0 Å². The molecule has 33 heavy (non-hydrogen) atoms. The Morgan fingerprint density at radius 1 is 0.939 bits per heavy atom. The van der Waals surface area contributed by atoms with E-state index in [1.807, 2.05) is 0 Å². The molecule has 0 aromatic heterocycles. The van der Waals surface area contributed by atoms with Crippen LogP contribution in [0.1, 0.15) is 93.4 Å². The van der Waals surface area contributed by atoms with Gasteiger partial charge in [0, 0.05) is 22.0 Å². The normalized spacial score (nSPS) is 45.4. The number of carbonyl (C=O) groups excluding carboxylic acids is 1. The molecule has 0 heterocycles. The third kappa shape index (κ3) is 2.30. The average Bonchev–Trinajstić information content (AvgIpc) is 3.31. The van der Waals surface area contributed by atoms with Gasteiger partial charge in [0.2, 0.25) is 5.78 Å². The quantitative estimate of drug-likeness (QED) is 0.493. The summed E-state index contributed by atoms with van der Waals surface area (Å²) in [5.74, 6) is 1.26. The van der Waals surface area contributed by atoms with Gasteiger partial charge in [-0.05, 0) is 89.7 Å². The lowest BCUT2D eigenvalue weighted by Gasteiger charge is -2.55. The van der Waals surface area contributed by atoms with E-state index in [-0.39, 0.29) is 33.7 Å². The first-order valence-electron chi connectivity index (χ1n) is 13.5. The van der Waals surface area contributed by atoms with Gasteiger partial charge < -0.3 is 10.2 Å². The molecule has 6 atom stereocenters. The molecule has 2 N–H and O–H groups in total. The van der Waals surface area contributed by atoms with Crippen molar-refractivity contribution in [3.05, 3.63) is 33.6 Å². The minimum atomic E-state index is -0.514. The second-order valence-corrected chi connectivity index (χ2v) is 14.0. The SMILES string of the molecule is CC(C)C1=C2C3=C(C[C@H]4C(C)(C)CCC[C@]4(C)C3=C(O)C1=O)[C@@H](O)[C@]21CC[C@]2(C(C)C)C[C@@H]21. The molecule has 0 bridgehead atoms. The van der Waals surface area contributed by atoms with Gasteiger partial charge in [-0.1, -0.05) is 54.9 Å². The van der Waals surface area contributed by atoms with Crippen LogP contribution in [0.2, 0.25) is 0 Å². The molecular weight excluding hydrogens is 408 g/mol. The molecule has 6 aliphatic carbocycles. The summed E-state index contributed by atoms with van der Waals surface area (Å²) in [4.78, 5) is 13.9. The van der Waals surface area contributed by atoms with Crippen LogP contribution >= 0.6 is 0 Å². The Kier molecular flexibility index (Phi) is 4.19. The number of rotatable bonds is 2. The standard InChI is InChI=1S/C30H42O3/c1-15(2)20-22-21-17(26(33)30(22)12-11-29(16(3)4)14-19(29)30)13-18-27(5,6)9-8-10-28(18,7)23(21)25(32)24(20)31/h15-16,18-19,26,32-33H,8-14H2,1-7H3/t18-,19-,26+,28-,29+,30-/m0/s1. The average molecular weight is 451 g/mol. The summed E-state index contributed by atoms with van der Waals surface area (Å²) in [6, 6.07) is 0. The molecule has 180 valence electrons. The van der Waals surface area contributed by atoms with Crippen molar-refractivity contribution >= 4 is 5.78 Å². The van der Waals surface area contributed by atoms with Crippen molar-refractivity contribution in [1.82, 2.24) is 0 Å². The first kappa shape index (κ1) is 22.1. The Morgan fingerprint density at radius 2 is 1.64 bits per heavy atom. The summed E-state index contributed by atoms with van der Waals surface area (Å²) in [5.41, 5.74) is 5.05. The summed E-state index contributed by atoms with van der Waals surface area (Å²) in [5, 5.41) is 23.8. The van der Waals surface area contributed by atoms with E-state index >= 15 is 0 Å². The lowest BCUT2D eigenvalue weighted by molar-refractivity contribution is -0.115. The van der Waals surface area contributed by atoms with Crippen LogP contribution < -0.4 is 0 Å². The van der Waals surface area contributed by atoms with Gasteiger partial charge in [-0.2, -0.15) is 0 Å². The number of fused-ring (bicyclic) bond motifs is 5. The number of aliphatic hydroxyl groups excluding tert-OH is 2. The first-order chi connectivity index (χ1) is 15.3. The number of allylic oxidation sites excluding steroid dienone is 3. The maximum atomic E-state index is 13.9. The van der Waals surface area contributed by atoms with Crippen molar-refractivity contribution < 1.29 is 15.0 Å². The fraction of sp³-hybridized carbons (Fsp3) is 0.767. The third-order valence-corrected chi connectivity index (χ3v) is 11.8. The maximum absolute atomic E-state index is 13.9. The second-order valence-electron chi connectivity index (χ2n) is 14.0. The Hall–Kier alpha value is -1.35. The van der Waals surface area contributed by atoms with Gasteiger partial charge in [0.05, 0.1) is 6.10 Å². The van der Waals surface area contributed by atoms with Crippen LogP contribution in [0.5, 0.6) is 0 Å². The minimum absolute atomic E-state index is 0.00647. The molecule has 3 heteroatoms. The van der Waals surface area contributed by atoms with Gasteiger partial charge in [-0.3, -0.25) is 4.79 Å². The van der Waals surface area contributed by atoms with E-state index in [0.717, 1.165) is 60.8 Å². The zero-order valence-corrected chi connectivity index (χ0v) is 21.6. The van der Waals surface area contributed by atoms with Gasteiger partial charge in [0.1, 0.15) is 0 Å². The number of carbonyl (C=O) groups is 1. The van der Waals surface area contributed by atoms with E-state index in [2.05, 4.69) is 48.5 Å². The molecule has 0 radical (unpaired) electrons. The second kappa shape index (κ2) is 6.25. The van der Waals surface area contributed by atoms with Crippen LogP contribution in [-0.4, -0.2) is 22.1 Å². The van der Waals surface area contributed by atoms with Crippen molar-refractivity contribution in [2.45, 2.75) is 99.5 Å². The summed E-state index contributed by atoms with van der Waals surface area (Å²) in [7, 11) is 0. The molecule has 1 spiro atoms. The van der Waals surface area contributed by atoms with Gasteiger partial charge in [0.15, 0.2) is 5.76 Å². The van der Waals surface area contributed by atoms with E-state index < -0.39 is 6.10 Å². The number of hydrogen-bond donors (Lipinski definition) is 2. The van der Waals surface area contributed by atoms with Crippen LogP contribution in [0.4, 0.5) is 0 Å². The Morgan fingerprint density at radius 3 is 2.21 bits per heavy atom. The maximum Gasteiger partial charge on any atom is 0.224 e. The summed E-state index contributed by atoms with van der Waals surface area (Å²) < 4.78 is 0. The third-order valence-electron chi connectivity index (χ3n) is 11.8. The number of aliphatic hydroxyl groups is 2. The van der Waals surface area contributed by atoms with Crippen molar-refractivity contribution in [2.24, 2.45) is 45.3 Å². The van der Waals surface area contributed by atoms with E-state index in [4.69, 9.17) is 0 Å². The van der Waals surface area contributed by atoms with Crippen molar-refractivity contribution in [3.8, 4) is 0 Å². The lowest BCUT2D eigenvalue weighted by atomic mass is 9.48. The highest BCUT2D eigenvalue weighted by molar-refractivity contribution is 6.12. The predicted molar refractivity (Wildman–Crippen MR) is 130 cm³/mol. The topological polar surface area (TPSA) is 57.5 Å². The molecule has 6 rings (SSSR count).